The van der Waals surface area contributed by atoms with Crippen LogP contribution in [0.1, 0.15) is 20.8 Å². The van der Waals surface area contributed by atoms with E-state index >= 15 is 0 Å². The molecular formula is C10H17BO. The molecule has 0 aromatic heterocycles. The van der Waals surface area contributed by atoms with Crippen molar-refractivity contribution in [3.05, 3.63) is 23.3 Å². The molecule has 0 saturated heterocycles. The maximum Gasteiger partial charge on any atom is 0.257 e. The average Bonchev–Trinajstić information content (AvgIpc) is 2.23. The monoisotopic (exact) mass is 164 g/mol. The molecule has 0 radical (unpaired) electrons. The highest BCUT2D eigenvalue weighted by molar-refractivity contribution is 5.97. The first-order valence-electron chi connectivity index (χ1n) is 4.45. The van der Waals surface area contributed by atoms with Gasteiger partial charge in [-0.15, -0.1) is 0 Å². The van der Waals surface area contributed by atoms with Crippen LogP contribution < -0.4 is 0 Å². The van der Waals surface area contributed by atoms with Gasteiger partial charge >= 0.3 is 0 Å². The van der Waals surface area contributed by atoms with Crippen LogP contribution in [-0.2, 0) is 4.65 Å². The Hall–Kier alpha value is -0.495. The average molecular weight is 164 g/mol. The second-order valence-electron chi connectivity index (χ2n) is 3.68. The summed E-state index contributed by atoms with van der Waals surface area (Å²) in [6.45, 7) is 11.5. The van der Waals surface area contributed by atoms with Crippen LogP contribution in [0, 0.1) is 11.8 Å². The first-order chi connectivity index (χ1) is 5.59. The summed E-state index contributed by atoms with van der Waals surface area (Å²) in [6, 6.07) is 0. The third-order valence-electron chi connectivity index (χ3n) is 3.15. The number of allylic oxidation sites excluding steroid dienone is 2. The Balaban J connectivity index is 2.80. The predicted octanol–water partition coefficient (Wildman–Crippen LogP) is 1.71. The zero-order valence-electron chi connectivity index (χ0n) is 8.48. The highest BCUT2D eigenvalue weighted by atomic mass is 16.4. The standard InChI is InChI=1S/C10H17BO/c1-6-7(2)9(4)10(5-12-11)8(6)3/h9-10H,3,5,11H2,1-2,4H3. The minimum absolute atomic E-state index is 0.509. The Bertz CT molecular complexity index is 230. The van der Waals surface area contributed by atoms with Gasteiger partial charge < -0.3 is 4.65 Å². The van der Waals surface area contributed by atoms with E-state index in [0.717, 1.165) is 6.61 Å². The third kappa shape index (κ3) is 1.36. The third-order valence-corrected chi connectivity index (χ3v) is 3.15. The van der Waals surface area contributed by atoms with Gasteiger partial charge in [0.2, 0.25) is 0 Å². The van der Waals surface area contributed by atoms with Crippen LogP contribution in [0.3, 0.4) is 0 Å². The number of hydrogen-bond donors (Lipinski definition) is 0. The van der Waals surface area contributed by atoms with Crippen LogP contribution in [0.15, 0.2) is 23.3 Å². The summed E-state index contributed by atoms with van der Waals surface area (Å²) >= 11 is 0. The summed E-state index contributed by atoms with van der Waals surface area (Å²) in [5.74, 6) is 1.12. The van der Waals surface area contributed by atoms with Gasteiger partial charge in [0.05, 0.1) is 0 Å². The second kappa shape index (κ2) is 3.48. The van der Waals surface area contributed by atoms with Crippen LogP contribution in [0.25, 0.3) is 0 Å². The lowest BCUT2D eigenvalue weighted by molar-refractivity contribution is 0.268. The highest BCUT2D eigenvalue weighted by Crippen LogP contribution is 2.39. The summed E-state index contributed by atoms with van der Waals surface area (Å²) in [5, 5.41) is 0. The molecule has 0 saturated carbocycles. The van der Waals surface area contributed by atoms with Crippen molar-refractivity contribution >= 4 is 8.05 Å². The minimum Gasteiger partial charge on any atom is -0.443 e. The number of rotatable bonds is 2. The lowest BCUT2D eigenvalue weighted by Crippen LogP contribution is -2.14. The fourth-order valence-electron chi connectivity index (χ4n) is 1.90. The summed E-state index contributed by atoms with van der Waals surface area (Å²) in [6.07, 6.45) is 0. The van der Waals surface area contributed by atoms with Crippen molar-refractivity contribution in [3.63, 3.8) is 0 Å². The molecule has 0 bridgehead atoms. The maximum atomic E-state index is 5.18. The molecule has 2 unspecified atom stereocenters. The molecule has 0 fully saturated rings. The van der Waals surface area contributed by atoms with Crippen molar-refractivity contribution < 1.29 is 4.65 Å². The van der Waals surface area contributed by atoms with Crippen LogP contribution in [0.2, 0.25) is 0 Å². The van der Waals surface area contributed by atoms with E-state index in [1.807, 2.05) is 0 Å². The fourth-order valence-corrected chi connectivity index (χ4v) is 1.90. The van der Waals surface area contributed by atoms with E-state index in [1.165, 1.54) is 16.7 Å². The first-order valence-corrected chi connectivity index (χ1v) is 4.45. The van der Waals surface area contributed by atoms with Gasteiger partial charge in [0.25, 0.3) is 8.05 Å². The molecular weight excluding hydrogens is 147 g/mol. The quantitative estimate of drug-likeness (QED) is 0.564. The Morgan fingerprint density at radius 2 is 2.08 bits per heavy atom. The smallest absolute Gasteiger partial charge is 0.257 e. The molecule has 0 aliphatic heterocycles. The van der Waals surface area contributed by atoms with Gasteiger partial charge in [-0.1, -0.05) is 19.1 Å². The second-order valence-corrected chi connectivity index (χ2v) is 3.68. The van der Waals surface area contributed by atoms with Crippen molar-refractivity contribution in [2.75, 3.05) is 6.61 Å². The van der Waals surface area contributed by atoms with Gasteiger partial charge in [-0.3, -0.25) is 0 Å². The lowest BCUT2D eigenvalue weighted by atomic mass is 9.92. The molecule has 1 rings (SSSR count). The van der Waals surface area contributed by atoms with Crippen LogP contribution >= 0.6 is 0 Å². The van der Waals surface area contributed by atoms with E-state index in [-0.39, 0.29) is 0 Å². The topological polar surface area (TPSA) is 9.23 Å². The Kier molecular flexibility index (Phi) is 2.78. The van der Waals surface area contributed by atoms with Gasteiger partial charge in [-0.2, -0.15) is 0 Å². The van der Waals surface area contributed by atoms with Crippen molar-refractivity contribution in [1.29, 1.82) is 0 Å². The largest absolute Gasteiger partial charge is 0.443 e. The van der Waals surface area contributed by atoms with Gasteiger partial charge in [0.15, 0.2) is 0 Å². The molecule has 1 nitrogen and oxygen atoms in total. The van der Waals surface area contributed by atoms with Crippen LogP contribution in [0.5, 0.6) is 0 Å². The van der Waals surface area contributed by atoms with Crippen molar-refractivity contribution in [3.8, 4) is 0 Å². The molecule has 0 spiro atoms. The summed E-state index contributed by atoms with van der Waals surface area (Å²) in [7, 11) is 1.75. The molecule has 1 aliphatic rings. The van der Waals surface area contributed by atoms with Gasteiger partial charge in [0, 0.05) is 12.5 Å². The maximum absolute atomic E-state index is 5.18. The highest BCUT2D eigenvalue weighted by Gasteiger charge is 2.29. The summed E-state index contributed by atoms with van der Waals surface area (Å²) in [5.41, 5.74) is 4.12. The molecule has 0 N–H and O–H groups in total. The zero-order chi connectivity index (χ0) is 9.30. The van der Waals surface area contributed by atoms with Gasteiger partial charge in [-0.05, 0) is 30.9 Å². The van der Waals surface area contributed by atoms with Crippen molar-refractivity contribution in [2.24, 2.45) is 11.8 Å². The van der Waals surface area contributed by atoms with E-state index < -0.39 is 0 Å². The molecule has 2 atom stereocenters. The van der Waals surface area contributed by atoms with Crippen molar-refractivity contribution in [2.45, 2.75) is 20.8 Å². The molecule has 12 heavy (non-hydrogen) atoms. The summed E-state index contributed by atoms with van der Waals surface area (Å²) in [4.78, 5) is 0. The lowest BCUT2D eigenvalue weighted by Gasteiger charge is -2.17. The normalized spacial score (nSPS) is 30.1. The fraction of sp³-hybridized carbons (Fsp3) is 0.600. The first kappa shape index (κ1) is 9.59. The Morgan fingerprint density at radius 1 is 1.50 bits per heavy atom. The molecule has 66 valence electrons. The Labute approximate surface area is 75.9 Å². The van der Waals surface area contributed by atoms with Gasteiger partial charge in [0.1, 0.15) is 0 Å². The SMILES string of the molecule is BOCC1C(=C)C(C)=C(C)C1C. The van der Waals surface area contributed by atoms with E-state index in [1.54, 1.807) is 8.05 Å². The molecule has 0 heterocycles. The predicted molar refractivity (Wildman–Crippen MR) is 54.7 cm³/mol. The van der Waals surface area contributed by atoms with Crippen LogP contribution in [0.4, 0.5) is 0 Å². The van der Waals surface area contributed by atoms with E-state index in [4.69, 9.17) is 4.65 Å². The molecule has 0 amide bonds. The van der Waals surface area contributed by atoms with E-state index in [0.29, 0.717) is 11.8 Å². The van der Waals surface area contributed by atoms with Crippen LogP contribution in [-0.4, -0.2) is 14.7 Å². The molecule has 0 aromatic carbocycles. The summed E-state index contributed by atoms with van der Waals surface area (Å²) < 4.78 is 5.18. The molecule has 2 heteroatoms. The zero-order valence-corrected chi connectivity index (χ0v) is 8.48. The Morgan fingerprint density at radius 3 is 2.42 bits per heavy atom. The van der Waals surface area contributed by atoms with Gasteiger partial charge in [-0.25, -0.2) is 0 Å². The molecule has 0 aromatic rings. The van der Waals surface area contributed by atoms with E-state index in [2.05, 4.69) is 27.4 Å². The molecule has 1 aliphatic carbocycles. The van der Waals surface area contributed by atoms with E-state index in [9.17, 15) is 0 Å². The minimum atomic E-state index is 0.509. The number of hydrogen-bond acceptors (Lipinski definition) is 1. The van der Waals surface area contributed by atoms with Crippen molar-refractivity contribution in [1.82, 2.24) is 0 Å².